The van der Waals surface area contributed by atoms with E-state index in [1.807, 2.05) is 6.07 Å². The molecule has 0 aromatic heterocycles. The van der Waals surface area contributed by atoms with Crippen LogP contribution in [0.3, 0.4) is 0 Å². The normalized spacial score (nSPS) is 22.9. The van der Waals surface area contributed by atoms with Crippen molar-refractivity contribution in [3.8, 4) is 5.75 Å². The van der Waals surface area contributed by atoms with E-state index in [2.05, 4.69) is 47.8 Å². The highest BCUT2D eigenvalue weighted by molar-refractivity contribution is 5.91. The fourth-order valence-electron chi connectivity index (χ4n) is 4.58. The van der Waals surface area contributed by atoms with Crippen molar-refractivity contribution in [2.45, 2.75) is 18.4 Å². The van der Waals surface area contributed by atoms with Gasteiger partial charge in [0.15, 0.2) is 0 Å². The van der Waals surface area contributed by atoms with Gasteiger partial charge in [-0.15, -0.1) is 0 Å². The third-order valence-corrected chi connectivity index (χ3v) is 5.79. The maximum atomic E-state index is 11.8. The van der Waals surface area contributed by atoms with Crippen molar-refractivity contribution in [3.05, 3.63) is 88.0 Å². The Morgan fingerprint density at radius 3 is 2.78 bits per heavy atom. The van der Waals surface area contributed by atoms with Gasteiger partial charge < -0.3 is 10.4 Å². The van der Waals surface area contributed by atoms with E-state index in [1.54, 1.807) is 6.07 Å². The number of hydrogen-bond donors (Lipinski definition) is 1. The number of fused-ring (bicyclic) bond motifs is 5. The number of allylic oxidation sites excluding steroid dienone is 2. The third-order valence-electron chi connectivity index (χ3n) is 5.79. The topological polar surface area (TPSA) is 78.2 Å². The standard InChI is InChI=1S/C22H18N2O3/c25-20-11-9-14(12-19(20)24(26)27)22-17-7-3-6-16(17)21-15-5-2-1-4-13(15)8-10-18(21)23-22/h1-6,8-12,16-17,22-23,25H,7H2/p-1/t16-,17+,22-/m0/s1. The zero-order valence-corrected chi connectivity index (χ0v) is 14.5. The van der Waals surface area contributed by atoms with Crippen molar-refractivity contribution >= 4 is 22.1 Å². The number of rotatable bonds is 2. The average molecular weight is 357 g/mol. The molecule has 1 heterocycles. The molecule has 0 saturated heterocycles. The van der Waals surface area contributed by atoms with E-state index in [-0.39, 0.29) is 23.6 Å². The number of nitrogens with zero attached hydrogens (tertiary/aromatic N) is 1. The van der Waals surface area contributed by atoms with Crippen molar-refractivity contribution in [1.82, 2.24) is 0 Å². The molecular weight excluding hydrogens is 340 g/mol. The molecule has 1 N–H and O–H groups in total. The lowest BCUT2D eigenvalue weighted by Crippen LogP contribution is -2.29. The number of anilines is 1. The zero-order chi connectivity index (χ0) is 18.5. The fraction of sp³-hybridized carbons (Fsp3) is 0.182. The van der Waals surface area contributed by atoms with Crippen molar-refractivity contribution in [2.75, 3.05) is 5.32 Å². The van der Waals surface area contributed by atoms with E-state index in [1.165, 1.54) is 28.5 Å². The van der Waals surface area contributed by atoms with Gasteiger partial charge in [-0.3, -0.25) is 10.1 Å². The van der Waals surface area contributed by atoms with Gasteiger partial charge in [-0.25, -0.2) is 0 Å². The maximum absolute atomic E-state index is 11.8. The summed E-state index contributed by atoms with van der Waals surface area (Å²) in [5, 5.41) is 29.0. The molecule has 0 amide bonds. The summed E-state index contributed by atoms with van der Waals surface area (Å²) in [5.74, 6) is -0.0317. The summed E-state index contributed by atoms with van der Waals surface area (Å²) < 4.78 is 0. The lowest BCUT2D eigenvalue weighted by Gasteiger charge is -2.38. The van der Waals surface area contributed by atoms with Gasteiger partial charge >= 0.3 is 0 Å². The average Bonchev–Trinajstić information content (AvgIpc) is 3.17. The predicted molar refractivity (Wildman–Crippen MR) is 103 cm³/mol. The van der Waals surface area contributed by atoms with E-state index in [9.17, 15) is 15.2 Å². The highest BCUT2D eigenvalue weighted by Gasteiger charge is 2.39. The van der Waals surface area contributed by atoms with Gasteiger partial charge in [-0.05, 0) is 46.1 Å². The van der Waals surface area contributed by atoms with Gasteiger partial charge in [0, 0.05) is 17.7 Å². The van der Waals surface area contributed by atoms with Crippen LogP contribution in [0.15, 0.2) is 66.7 Å². The van der Waals surface area contributed by atoms with Crippen LogP contribution in [0.25, 0.3) is 10.8 Å². The van der Waals surface area contributed by atoms with E-state index in [0.29, 0.717) is 0 Å². The summed E-state index contributed by atoms with van der Waals surface area (Å²) in [7, 11) is 0. The van der Waals surface area contributed by atoms with Crippen LogP contribution in [0, 0.1) is 16.0 Å². The first kappa shape index (κ1) is 15.9. The van der Waals surface area contributed by atoms with Crippen molar-refractivity contribution in [3.63, 3.8) is 0 Å². The highest BCUT2D eigenvalue weighted by Crippen LogP contribution is 2.52. The summed E-state index contributed by atoms with van der Waals surface area (Å²) >= 11 is 0. The van der Waals surface area contributed by atoms with Crippen LogP contribution >= 0.6 is 0 Å². The van der Waals surface area contributed by atoms with Gasteiger partial charge in [0.25, 0.3) is 5.69 Å². The minimum absolute atomic E-state index is 0.0713. The maximum Gasteiger partial charge on any atom is 0.262 e. The molecule has 5 nitrogen and oxygen atoms in total. The Bertz CT molecular complexity index is 1110. The lowest BCUT2D eigenvalue weighted by atomic mass is 9.75. The molecule has 0 radical (unpaired) electrons. The van der Waals surface area contributed by atoms with Crippen LogP contribution in [-0.4, -0.2) is 4.92 Å². The molecule has 0 saturated carbocycles. The molecule has 3 aromatic rings. The first-order chi connectivity index (χ1) is 13.1. The highest BCUT2D eigenvalue weighted by atomic mass is 16.6. The number of benzene rings is 3. The molecule has 0 fully saturated rings. The van der Waals surface area contributed by atoms with Gasteiger partial charge in [-0.1, -0.05) is 54.6 Å². The second-order valence-corrected chi connectivity index (χ2v) is 7.21. The third kappa shape index (κ3) is 2.39. The summed E-state index contributed by atoms with van der Waals surface area (Å²) in [5.41, 5.74) is 2.78. The molecule has 5 heteroatoms. The molecule has 1 aliphatic carbocycles. The predicted octanol–water partition coefficient (Wildman–Crippen LogP) is 4.65. The van der Waals surface area contributed by atoms with Crippen LogP contribution in [0.5, 0.6) is 5.75 Å². The second-order valence-electron chi connectivity index (χ2n) is 7.21. The van der Waals surface area contributed by atoms with Gasteiger partial charge in [0.2, 0.25) is 0 Å². The van der Waals surface area contributed by atoms with E-state index < -0.39 is 10.7 Å². The largest absolute Gasteiger partial charge is 0.868 e. The van der Waals surface area contributed by atoms with Crippen LogP contribution in [-0.2, 0) is 0 Å². The molecule has 0 spiro atoms. The Balaban J connectivity index is 1.65. The Labute approximate surface area is 156 Å². The first-order valence-corrected chi connectivity index (χ1v) is 9.03. The summed E-state index contributed by atoms with van der Waals surface area (Å²) in [6, 6.07) is 16.9. The van der Waals surface area contributed by atoms with Crippen molar-refractivity contribution < 1.29 is 10.0 Å². The Hall–Kier alpha value is -3.34. The van der Waals surface area contributed by atoms with Crippen LogP contribution in [0.4, 0.5) is 11.4 Å². The minimum Gasteiger partial charge on any atom is -0.868 e. The molecule has 0 unspecified atom stereocenters. The molecule has 1 aliphatic heterocycles. The molecule has 3 aromatic carbocycles. The van der Waals surface area contributed by atoms with Gasteiger partial charge in [-0.2, -0.15) is 0 Å². The van der Waals surface area contributed by atoms with E-state index >= 15 is 0 Å². The second kappa shape index (κ2) is 5.84. The quantitative estimate of drug-likeness (QED) is 0.411. The van der Waals surface area contributed by atoms with Crippen molar-refractivity contribution in [2.24, 2.45) is 5.92 Å². The fourth-order valence-corrected chi connectivity index (χ4v) is 4.58. The van der Waals surface area contributed by atoms with Crippen LogP contribution < -0.4 is 10.4 Å². The molecular formula is C22H17N2O3-. The molecule has 27 heavy (non-hydrogen) atoms. The number of hydrogen-bond acceptors (Lipinski definition) is 4. The molecule has 5 rings (SSSR count). The van der Waals surface area contributed by atoms with Crippen molar-refractivity contribution in [1.29, 1.82) is 0 Å². The van der Waals surface area contributed by atoms with Gasteiger partial charge in [0.1, 0.15) is 0 Å². The number of nitro groups is 1. The summed E-state index contributed by atoms with van der Waals surface area (Å²) in [6.07, 6.45) is 5.34. The monoisotopic (exact) mass is 357 g/mol. The SMILES string of the molecule is O=[N+]([O-])c1cc([C@@H]2Nc3ccc4ccccc4c3[C@H]3C=CC[C@H]32)ccc1[O-]. The number of nitro benzene ring substituents is 1. The molecule has 134 valence electrons. The molecule has 0 bridgehead atoms. The zero-order valence-electron chi connectivity index (χ0n) is 14.5. The number of nitrogens with one attached hydrogen (secondary N) is 1. The lowest BCUT2D eigenvalue weighted by molar-refractivity contribution is -0.398. The van der Waals surface area contributed by atoms with E-state index in [0.717, 1.165) is 17.7 Å². The molecule has 2 aliphatic rings. The van der Waals surface area contributed by atoms with Crippen LogP contribution in [0.2, 0.25) is 0 Å². The minimum atomic E-state index is -0.597. The summed E-state index contributed by atoms with van der Waals surface area (Å²) in [4.78, 5) is 10.6. The Kier molecular flexibility index (Phi) is 3.44. The van der Waals surface area contributed by atoms with Crippen LogP contribution in [0.1, 0.15) is 29.5 Å². The Morgan fingerprint density at radius 1 is 1.07 bits per heavy atom. The smallest absolute Gasteiger partial charge is 0.262 e. The molecule has 3 atom stereocenters. The van der Waals surface area contributed by atoms with Gasteiger partial charge in [0.05, 0.1) is 11.0 Å². The Morgan fingerprint density at radius 2 is 1.93 bits per heavy atom. The first-order valence-electron chi connectivity index (χ1n) is 9.03. The van der Waals surface area contributed by atoms with E-state index in [4.69, 9.17) is 0 Å². The summed E-state index contributed by atoms with van der Waals surface area (Å²) in [6.45, 7) is 0.